The molecule has 0 fully saturated rings. The Morgan fingerprint density at radius 3 is 2.44 bits per heavy atom. The maximum absolute atomic E-state index is 9.02. The summed E-state index contributed by atoms with van der Waals surface area (Å²) in [6.45, 7) is 0. The lowest BCUT2D eigenvalue weighted by molar-refractivity contribution is 0.412. The van der Waals surface area contributed by atoms with Gasteiger partial charge in [-0.15, -0.1) is 0 Å². The molecule has 0 atom stereocenters. The minimum atomic E-state index is 0.323. The van der Waals surface area contributed by atoms with Gasteiger partial charge in [-0.1, -0.05) is 12.2 Å². The largest absolute Gasteiger partial charge is 0.497 e. The quantitative estimate of drug-likeness (QED) is 0.857. The van der Waals surface area contributed by atoms with E-state index in [1.54, 1.807) is 43.6 Å². The number of ether oxygens (including phenoxy) is 2. The monoisotopic (exact) mass is 258 g/mol. The first-order valence-electron chi connectivity index (χ1n) is 5.18. The molecule has 4 nitrogen and oxygen atoms in total. The molecule has 0 aliphatic carbocycles. The highest BCUT2D eigenvalue weighted by Crippen LogP contribution is 2.26. The van der Waals surface area contributed by atoms with Gasteiger partial charge in [0.1, 0.15) is 33.5 Å². The van der Waals surface area contributed by atoms with Crippen LogP contribution >= 0.6 is 12.2 Å². The molecule has 1 aromatic heterocycles. The van der Waals surface area contributed by atoms with Crippen molar-refractivity contribution in [2.75, 3.05) is 7.11 Å². The number of hydrogen-bond acceptors (Lipinski definition) is 4. The number of pyridine rings is 1. The molecule has 0 aliphatic rings. The van der Waals surface area contributed by atoms with Crippen LogP contribution in [0.25, 0.3) is 0 Å². The normalized spacial score (nSPS) is 9.56. The van der Waals surface area contributed by atoms with Crippen molar-refractivity contribution in [1.82, 2.24) is 4.98 Å². The summed E-state index contributed by atoms with van der Waals surface area (Å²) >= 11 is 5.02. The van der Waals surface area contributed by atoms with Gasteiger partial charge in [0.15, 0.2) is 0 Å². The van der Waals surface area contributed by atoms with Gasteiger partial charge in [0.05, 0.1) is 7.11 Å². The van der Waals surface area contributed by atoms with Gasteiger partial charge in [0.2, 0.25) is 0 Å². The fourth-order valence-corrected chi connectivity index (χ4v) is 1.64. The molecule has 0 amide bonds. The van der Waals surface area contributed by atoms with Crippen molar-refractivity contribution in [2.45, 2.75) is 0 Å². The maximum Gasteiger partial charge on any atom is 0.149 e. The number of benzene rings is 1. The van der Waals surface area contributed by atoms with Crippen LogP contribution in [0.5, 0.6) is 17.2 Å². The number of rotatable bonds is 3. The first kappa shape index (κ1) is 12.1. The Morgan fingerprint density at radius 1 is 1.17 bits per heavy atom. The van der Waals surface area contributed by atoms with Crippen molar-refractivity contribution in [2.24, 2.45) is 0 Å². The van der Waals surface area contributed by atoms with E-state index in [0.29, 0.717) is 21.7 Å². The van der Waals surface area contributed by atoms with Gasteiger partial charge in [0.25, 0.3) is 0 Å². The van der Waals surface area contributed by atoms with Gasteiger partial charge in [0, 0.05) is 6.20 Å². The molecule has 1 aromatic carbocycles. The van der Waals surface area contributed by atoms with Crippen LogP contribution in [-0.4, -0.2) is 12.1 Å². The van der Waals surface area contributed by atoms with Crippen LogP contribution < -0.4 is 9.47 Å². The molecular weight excluding hydrogens is 248 g/mol. The summed E-state index contributed by atoms with van der Waals surface area (Å²) in [6.07, 6.45) is 1.64. The van der Waals surface area contributed by atoms with Crippen LogP contribution in [0.3, 0.4) is 0 Å². The Kier molecular flexibility index (Phi) is 3.60. The zero-order valence-electron chi connectivity index (χ0n) is 9.64. The Bertz CT molecular complexity index is 641. The summed E-state index contributed by atoms with van der Waals surface area (Å²) in [5.74, 6) is 1.80. The zero-order chi connectivity index (χ0) is 13.0. The number of aromatic nitrogens is 1. The predicted molar refractivity (Wildman–Crippen MR) is 69.4 cm³/mol. The zero-order valence-corrected chi connectivity index (χ0v) is 10.5. The van der Waals surface area contributed by atoms with Gasteiger partial charge in [-0.2, -0.15) is 5.26 Å². The highest BCUT2D eigenvalue weighted by Gasteiger charge is 2.06. The number of nitrogens with one attached hydrogen (secondary N) is 1. The molecular formula is C13H10N2O2S. The smallest absolute Gasteiger partial charge is 0.149 e. The third kappa shape index (κ3) is 2.50. The summed E-state index contributed by atoms with van der Waals surface area (Å²) in [4.78, 5) is 2.79. The standard InChI is InChI=1S/C13H10N2O2S/c1-16-9-2-4-10(5-3-9)17-12-6-7-15-13(18)11(12)8-14/h2-7H,1H3,(H,15,18). The minimum absolute atomic E-state index is 0.323. The number of H-pyrrole nitrogens is 1. The Hall–Kier alpha value is -2.32. The lowest BCUT2D eigenvalue weighted by Gasteiger charge is -2.07. The van der Waals surface area contributed by atoms with Gasteiger partial charge in [-0.3, -0.25) is 0 Å². The summed E-state index contributed by atoms with van der Waals surface area (Å²) < 4.78 is 11.0. The maximum atomic E-state index is 9.02. The molecule has 18 heavy (non-hydrogen) atoms. The van der Waals surface area contributed by atoms with Crippen molar-refractivity contribution in [3.05, 3.63) is 46.7 Å². The van der Waals surface area contributed by atoms with Crippen LogP contribution in [0.2, 0.25) is 0 Å². The summed E-state index contributed by atoms with van der Waals surface area (Å²) in [5.41, 5.74) is 0.323. The van der Waals surface area contributed by atoms with E-state index >= 15 is 0 Å². The lowest BCUT2D eigenvalue weighted by atomic mass is 10.3. The second-order valence-electron chi connectivity index (χ2n) is 3.44. The van der Waals surface area contributed by atoms with E-state index in [4.69, 9.17) is 27.0 Å². The van der Waals surface area contributed by atoms with Crippen molar-refractivity contribution in [3.8, 4) is 23.3 Å². The van der Waals surface area contributed by atoms with Gasteiger partial charge in [-0.05, 0) is 30.3 Å². The van der Waals surface area contributed by atoms with Crippen LogP contribution in [0.4, 0.5) is 0 Å². The molecule has 2 aromatic rings. The average molecular weight is 258 g/mol. The minimum Gasteiger partial charge on any atom is -0.497 e. The van der Waals surface area contributed by atoms with E-state index in [9.17, 15) is 0 Å². The molecule has 1 N–H and O–H groups in total. The molecule has 5 heteroatoms. The van der Waals surface area contributed by atoms with E-state index in [1.807, 2.05) is 6.07 Å². The Balaban J connectivity index is 2.31. The summed E-state index contributed by atoms with van der Waals surface area (Å²) in [6, 6.07) is 10.8. The molecule has 0 saturated carbocycles. The highest BCUT2D eigenvalue weighted by atomic mass is 32.1. The number of nitriles is 1. The Morgan fingerprint density at radius 2 is 1.83 bits per heavy atom. The van der Waals surface area contributed by atoms with Crippen LogP contribution in [0.15, 0.2) is 36.5 Å². The SMILES string of the molecule is COc1ccc(Oc2cc[nH]c(=S)c2C#N)cc1. The molecule has 0 saturated heterocycles. The number of hydrogen-bond donors (Lipinski definition) is 1. The Labute approximate surface area is 109 Å². The highest BCUT2D eigenvalue weighted by molar-refractivity contribution is 7.71. The van der Waals surface area contributed by atoms with Crippen molar-refractivity contribution < 1.29 is 9.47 Å². The molecule has 90 valence electrons. The van der Waals surface area contributed by atoms with E-state index in [1.165, 1.54) is 0 Å². The second kappa shape index (κ2) is 5.34. The van der Waals surface area contributed by atoms with Crippen molar-refractivity contribution in [3.63, 3.8) is 0 Å². The number of nitrogens with zero attached hydrogens (tertiary/aromatic N) is 1. The molecule has 0 bridgehead atoms. The van der Waals surface area contributed by atoms with Gasteiger partial charge >= 0.3 is 0 Å². The first-order valence-corrected chi connectivity index (χ1v) is 5.59. The van der Waals surface area contributed by atoms with E-state index in [2.05, 4.69) is 4.98 Å². The van der Waals surface area contributed by atoms with Gasteiger partial charge in [-0.25, -0.2) is 0 Å². The first-order chi connectivity index (χ1) is 8.74. The predicted octanol–water partition coefficient (Wildman–Crippen LogP) is 3.42. The fraction of sp³-hybridized carbons (Fsp3) is 0.0769. The topological polar surface area (TPSA) is 58.0 Å². The van der Waals surface area contributed by atoms with Crippen LogP contribution in [-0.2, 0) is 0 Å². The molecule has 0 spiro atoms. The second-order valence-corrected chi connectivity index (χ2v) is 3.84. The van der Waals surface area contributed by atoms with Crippen LogP contribution in [0, 0.1) is 16.0 Å². The summed E-state index contributed by atoms with van der Waals surface area (Å²) in [5, 5.41) is 9.02. The summed E-state index contributed by atoms with van der Waals surface area (Å²) in [7, 11) is 1.60. The third-order valence-electron chi connectivity index (χ3n) is 2.32. The molecule has 0 aliphatic heterocycles. The van der Waals surface area contributed by atoms with Gasteiger partial charge < -0.3 is 14.5 Å². The molecule has 0 radical (unpaired) electrons. The van der Waals surface area contributed by atoms with E-state index in [-0.39, 0.29) is 0 Å². The van der Waals surface area contributed by atoms with E-state index in [0.717, 1.165) is 5.75 Å². The number of aromatic amines is 1. The number of methoxy groups -OCH3 is 1. The third-order valence-corrected chi connectivity index (χ3v) is 2.64. The van der Waals surface area contributed by atoms with Crippen LogP contribution in [0.1, 0.15) is 5.56 Å². The molecule has 1 heterocycles. The molecule has 0 unspecified atom stereocenters. The van der Waals surface area contributed by atoms with Crippen molar-refractivity contribution in [1.29, 1.82) is 5.26 Å². The van der Waals surface area contributed by atoms with E-state index < -0.39 is 0 Å². The average Bonchev–Trinajstić information content (AvgIpc) is 2.40. The lowest BCUT2D eigenvalue weighted by Crippen LogP contribution is -1.91. The molecule has 2 rings (SSSR count). The van der Waals surface area contributed by atoms with Crippen molar-refractivity contribution >= 4 is 12.2 Å². The fourth-order valence-electron chi connectivity index (χ4n) is 1.42.